The first-order chi connectivity index (χ1) is 18.8. The van der Waals surface area contributed by atoms with Crippen LogP contribution in [0.25, 0.3) is 5.52 Å². The summed E-state index contributed by atoms with van der Waals surface area (Å²) in [5.74, 6) is -1.35. The van der Waals surface area contributed by atoms with Crippen molar-refractivity contribution >= 4 is 50.5 Å². The van der Waals surface area contributed by atoms with Gasteiger partial charge in [-0.25, -0.2) is 18.2 Å². The fourth-order valence-electron chi connectivity index (χ4n) is 4.14. The van der Waals surface area contributed by atoms with Gasteiger partial charge in [-0.1, -0.05) is 24.3 Å². The summed E-state index contributed by atoms with van der Waals surface area (Å²) in [6, 6.07) is 20.0. The zero-order chi connectivity index (χ0) is 27.6. The van der Waals surface area contributed by atoms with Crippen LogP contribution in [0.2, 0.25) is 0 Å². The van der Waals surface area contributed by atoms with Crippen LogP contribution < -0.4 is 10.1 Å². The smallest absolute Gasteiger partial charge is 0.273 e. The van der Waals surface area contributed by atoms with Crippen molar-refractivity contribution in [3.05, 3.63) is 124 Å². The van der Waals surface area contributed by atoms with Crippen molar-refractivity contribution in [2.45, 2.75) is 11.1 Å². The van der Waals surface area contributed by atoms with E-state index < -0.39 is 21.7 Å². The van der Waals surface area contributed by atoms with Crippen molar-refractivity contribution in [2.24, 2.45) is 5.10 Å². The SMILES string of the molecule is Cc1c(/C=N/NC(=O)c2ccccc2NS(=O)(=O)c2cccs2)c2ccccn2c1C(=O)c1ccc(F)cc1. The number of fused-ring (bicyclic) bond motifs is 1. The molecule has 0 aliphatic heterocycles. The molecule has 39 heavy (non-hydrogen) atoms. The van der Waals surface area contributed by atoms with Gasteiger partial charge in [-0.05, 0) is 72.5 Å². The minimum atomic E-state index is -3.86. The van der Waals surface area contributed by atoms with Crippen molar-refractivity contribution in [1.82, 2.24) is 9.83 Å². The van der Waals surface area contributed by atoms with E-state index in [1.807, 2.05) is 12.1 Å². The molecular formula is C28H21FN4O4S2. The van der Waals surface area contributed by atoms with Gasteiger partial charge in [0.2, 0.25) is 5.78 Å². The van der Waals surface area contributed by atoms with Crippen LogP contribution in [0.4, 0.5) is 10.1 Å². The lowest BCUT2D eigenvalue weighted by molar-refractivity contribution is 0.0955. The van der Waals surface area contributed by atoms with E-state index in [1.54, 1.807) is 47.2 Å². The molecule has 11 heteroatoms. The largest absolute Gasteiger partial charge is 0.313 e. The number of amides is 1. The van der Waals surface area contributed by atoms with E-state index >= 15 is 0 Å². The molecule has 3 heterocycles. The lowest BCUT2D eigenvalue weighted by Crippen LogP contribution is -2.21. The maximum Gasteiger partial charge on any atom is 0.273 e. The summed E-state index contributed by atoms with van der Waals surface area (Å²) in [7, 11) is -3.86. The average Bonchev–Trinajstić information content (AvgIpc) is 3.57. The maximum absolute atomic E-state index is 13.4. The predicted molar refractivity (Wildman–Crippen MR) is 149 cm³/mol. The molecule has 0 atom stereocenters. The molecule has 0 bridgehead atoms. The van der Waals surface area contributed by atoms with E-state index in [9.17, 15) is 22.4 Å². The number of halogens is 1. The van der Waals surface area contributed by atoms with Crippen molar-refractivity contribution in [1.29, 1.82) is 0 Å². The number of nitrogens with one attached hydrogen (secondary N) is 2. The molecule has 0 unspecified atom stereocenters. The van der Waals surface area contributed by atoms with Crippen molar-refractivity contribution in [2.75, 3.05) is 4.72 Å². The second kappa shape index (κ2) is 10.6. The Morgan fingerprint density at radius 3 is 2.46 bits per heavy atom. The number of para-hydroxylation sites is 1. The monoisotopic (exact) mass is 560 g/mol. The number of carbonyl (C=O) groups excluding carboxylic acids is 2. The van der Waals surface area contributed by atoms with Gasteiger partial charge in [-0.15, -0.1) is 11.3 Å². The number of hydrazone groups is 1. The summed E-state index contributed by atoms with van der Waals surface area (Å²) in [6.45, 7) is 1.77. The fraction of sp³-hybridized carbons (Fsp3) is 0.0357. The first kappa shape index (κ1) is 26.0. The minimum absolute atomic E-state index is 0.0837. The number of benzene rings is 2. The number of nitrogens with zero attached hydrogens (tertiary/aromatic N) is 2. The molecule has 1 amide bonds. The van der Waals surface area contributed by atoms with E-state index in [4.69, 9.17) is 0 Å². The van der Waals surface area contributed by atoms with Gasteiger partial charge in [0, 0.05) is 17.3 Å². The first-order valence-corrected chi connectivity index (χ1v) is 14.0. The van der Waals surface area contributed by atoms with Crippen LogP contribution in [-0.2, 0) is 10.0 Å². The van der Waals surface area contributed by atoms with E-state index in [0.717, 1.165) is 11.3 Å². The number of thiophene rings is 1. The molecular weight excluding hydrogens is 539 g/mol. The molecule has 5 rings (SSSR count). The van der Waals surface area contributed by atoms with Crippen LogP contribution in [0.15, 0.2) is 99.8 Å². The summed E-state index contributed by atoms with van der Waals surface area (Å²) >= 11 is 1.06. The minimum Gasteiger partial charge on any atom is -0.313 e. The summed E-state index contributed by atoms with van der Waals surface area (Å²) in [5.41, 5.74) is 5.26. The zero-order valence-corrected chi connectivity index (χ0v) is 22.1. The van der Waals surface area contributed by atoms with Crippen LogP contribution in [0, 0.1) is 12.7 Å². The molecule has 5 aromatic rings. The second-order valence-electron chi connectivity index (χ2n) is 8.46. The number of hydrogen-bond acceptors (Lipinski definition) is 6. The number of hydrogen-bond donors (Lipinski definition) is 2. The molecule has 3 aromatic heterocycles. The zero-order valence-electron chi connectivity index (χ0n) is 20.5. The first-order valence-electron chi connectivity index (χ1n) is 11.6. The Bertz CT molecular complexity index is 1830. The number of sulfonamides is 1. The lowest BCUT2D eigenvalue weighted by Gasteiger charge is -2.10. The predicted octanol–water partition coefficient (Wildman–Crippen LogP) is 5.24. The maximum atomic E-state index is 13.4. The van der Waals surface area contributed by atoms with Crippen LogP contribution >= 0.6 is 11.3 Å². The molecule has 0 fully saturated rings. The molecule has 8 nitrogen and oxygen atoms in total. The highest BCUT2D eigenvalue weighted by Crippen LogP contribution is 2.25. The summed E-state index contributed by atoms with van der Waals surface area (Å²) in [4.78, 5) is 26.3. The Hall–Kier alpha value is -4.61. The van der Waals surface area contributed by atoms with Gasteiger partial charge in [-0.3, -0.25) is 14.3 Å². The summed E-state index contributed by atoms with van der Waals surface area (Å²) in [6.07, 6.45) is 3.17. The van der Waals surface area contributed by atoms with Gasteiger partial charge in [0.15, 0.2) is 0 Å². The fourth-order valence-corrected chi connectivity index (χ4v) is 6.21. The summed E-state index contributed by atoms with van der Waals surface area (Å²) < 4.78 is 43.0. The Morgan fingerprint density at radius 2 is 1.72 bits per heavy atom. The Balaban J connectivity index is 1.42. The molecule has 196 valence electrons. The van der Waals surface area contributed by atoms with Gasteiger partial charge in [0.25, 0.3) is 15.9 Å². The van der Waals surface area contributed by atoms with Crippen LogP contribution in [0.5, 0.6) is 0 Å². The normalized spacial score (nSPS) is 11.6. The molecule has 0 aliphatic carbocycles. The average molecular weight is 561 g/mol. The van der Waals surface area contributed by atoms with Crippen LogP contribution in [0.1, 0.15) is 37.5 Å². The standard InChI is InChI=1S/C28H21FN4O4S2/c1-18-22(24-9-4-5-15-33(24)26(18)27(34)19-11-13-20(29)14-12-19)17-30-31-28(35)21-7-2-3-8-23(21)32-39(36,37)25-10-6-16-38-25/h2-17,32H,1H3,(H,31,35)/b30-17+. The van der Waals surface area contributed by atoms with E-state index in [0.29, 0.717) is 27.9 Å². The van der Waals surface area contributed by atoms with Crippen molar-refractivity contribution in [3.8, 4) is 0 Å². The highest BCUT2D eigenvalue weighted by Gasteiger charge is 2.22. The lowest BCUT2D eigenvalue weighted by atomic mass is 10.0. The quantitative estimate of drug-likeness (QED) is 0.154. The number of ketones is 1. The number of pyridine rings is 1. The molecule has 0 saturated heterocycles. The topological polar surface area (TPSA) is 109 Å². The highest BCUT2D eigenvalue weighted by atomic mass is 32.2. The molecule has 0 aliphatic rings. The molecule has 0 radical (unpaired) electrons. The van der Waals surface area contributed by atoms with Crippen molar-refractivity contribution in [3.63, 3.8) is 0 Å². The van der Waals surface area contributed by atoms with Crippen LogP contribution in [0.3, 0.4) is 0 Å². The Kier molecular flexibility index (Phi) is 7.09. The number of rotatable bonds is 8. The van der Waals surface area contributed by atoms with Gasteiger partial charge >= 0.3 is 0 Å². The van der Waals surface area contributed by atoms with Gasteiger partial charge in [-0.2, -0.15) is 5.10 Å². The molecule has 2 aromatic carbocycles. The third-order valence-corrected chi connectivity index (χ3v) is 8.76. The Morgan fingerprint density at radius 1 is 0.974 bits per heavy atom. The van der Waals surface area contributed by atoms with E-state index in [-0.39, 0.29) is 21.2 Å². The highest BCUT2D eigenvalue weighted by molar-refractivity contribution is 7.94. The molecule has 0 spiro atoms. The molecule has 0 saturated carbocycles. The summed E-state index contributed by atoms with van der Waals surface area (Å²) in [5, 5.41) is 5.75. The Labute approximate surface area is 227 Å². The van der Waals surface area contributed by atoms with E-state index in [1.165, 1.54) is 48.7 Å². The second-order valence-corrected chi connectivity index (χ2v) is 11.3. The van der Waals surface area contributed by atoms with Crippen LogP contribution in [-0.4, -0.2) is 30.7 Å². The van der Waals surface area contributed by atoms with E-state index in [2.05, 4.69) is 15.2 Å². The number of carbonyl (C=O) groups is 2. The van der Waals surface area contributed by atoms with Gasteiger partial charge in [0.1, 0.15) is 10.0 Å². The number of aromatic nitrogens is 1. The third-order valence-electron chi connectivity index (χ3n) is 5.99. The van der Waals surface area contributed by atoms with Crippen molar-refractivity contribution < 1.29 is 22.4 Å². The number of anilines is 1. The van der Waals surface area contributed by atoms with Gasteiger partial charge < -0.3 is 4.40 Å². The third kappa shape index (κ3) is 5.22. The molecule has 2 N–H and O–H groups in total. The van der Waals surface area contributed by atoms with Gasteiger partial charge in [0.05, 0.1) is 28.7 Å².